The number of amides is 1. The molecule has 6 heteroatoms. The van der Waals surface area contributed by atoms with Crippen LogP contribution in [0, 0.1) is 11.3 Å². The first-order valence-corrected chi connectivity index (χ1v) is 10.4. The highest BCUT2D eigenvalue weighted by atomic mass is 32.2. The van der Waals surface area contributed by atoms with Crippen LogP contribution in [0.1, 0.15) is 60.6 Å². The quantitative estimate of drug-likeness (QED) is 0.671. The van der Waals surface area contributed by atoms with E-state index in [9.17, 15) is 19.6 Å². The minimum absolute atomic E-state index is 0.112. The van der Waals surface area contributed by atoms with Crippen molar-refractivity contribution in [3.05, 3.63) is 69.8 Å². The molecule has 0 spiro atoms. The summed E-state index contributed by atoms with van der Waals surface area (Å²) in [5, 5.41) is 9.86. The molecule has 0 bridgehead atoms. The predicted molar refractivity (Wildman–Crippen MR) is 107 cm³/mol. The molecule has 2 aliphatic rings. The molecule has 4 rings (SSSR count). The molecule has 1 aliphatic heterocycles. The highest BCUT2D eigenvalue weighted by Gasteiger charge is 2.33. The van der Waals surface area contributed by atoms with Gasteiger partial charge in [-0.25, -0.2) is 0 Å². The van der Waals surface area contributed by atoms with Crippen molar-refractivity contribution in [2.24, 2.45) is 0 Å². The predicted octanol–water partition coefficient (Wildman–Crippen LogP) is 3.30. The Labute approximate surface area is 167 Å². The minimum Gasteiger partial charge on any atom is -0.339 e. The van der Waals surface area contributed by atoms with E-state index in [1.807, 2.05) is 22.7 Å². The van der Waals surface area contributed by atoms with Gasteiger partial charge in [0, 0.05) is 40.6 Å². The second-order valence-corrected chi connectivity index (χ2v) is 8.12. The van der Waals surface area contributed by atoms with Crippen molar-refractivity contribution >= 4 is 29.2 Å². The van der Waals surface area contributed by atoms with E-state index in [4.69, 9.17) is 0 Å². The lowest BCUT2D eigenvalue weighted by Gasteiger charge is -2.31. The Kier molecular flexibility index (Phi) is 4.78. The van der Waals surface area contributed by atoms with E-state index in [1.165, 1.54) is 18.2 Å². The summed E-state index contributed by atoms with van der Waals surface area (Å²) in [5.41, 5.74) is 1.47. The molecule has 0 atom stereocenters. The maximum atomic E-state index is 13.0. The van der Waals surface area contributed by atoms with E-state index < -0.39 is 0 Å². The summed E-state index contributed by atoms with van der Waals surface area (Å²) in [6.45, 7) is 1.39. The second kappa shape index (κ2) is 7.25. The first-order chi connectivity index (χ1) is 13.5. The fourth-order valence-corrected chi connectivity index (χ4v) is 4.58. The van der Waals surface area contributed by atoms with Gasteiger partial charge in [0.05, 0.1) is 17.2 Å². The molecule has 1 amide bonds. The van der Waals surface area contributed by atoms with Gasteiger partial charge in [0.15, 0.2) is 11.6 Å². The topological polar surface area (TPSA) is 78.2 Å². The average Bonchev–Trinajstić information content (AvgIpc) is 2.76. The number of carbonyl (C=O) groups excluding carboxylic acids is 3. The second-order valence-electron chi connectivity index (χ2n) is 6.99. The number of thioether (sulfide) groups is 1. The molecule has 0 unspecified atom stereocenters. The Morgan fingerprint density at radius 2 is 1.82 bits per heavy atom. The van der Waals surface area contributed by atoms with Crippen molar-refractivity contribution in [3.63, 3.8) is 0 Å². The first-order valence-electron chi connectivity index (χ1n) is 9.13. The van der Waals surface area contributed by atoms with Gasteiger partial charge in [-0.15, -0.1) is 0 Å². The Morgan fingerprint density at radius 1 is 1.07 bits per heavy atom. The minimum atomic E-state index is -0.346. The van der Waals surface area contributed by atoms with Crippen molar-refractivity contribution < 1.29 is 14.4 Å². The van der Waals surface area contributed by atoms with E-state index >= 15 is 0 Å². The third kappa shape index (κ3) is 2.92. The van der Waals surface area contributed by atoms with Crippen LogP contribution >= 0.6 is 11.8 Å². The van der Waals surface area contributed by atoms with Crippen molar-refractivity contribution in [3.8, 4) is 6.07 Å². The van der Waals surface area contributed by atoms with Crippen LogP contribution in [0.3, 0.4) is 0 Å². The van der Waals surface area contributed by atoms with Crippen molar-refractivity contribution in [2.45, 2.75) is 18.1 Å². The maximum absolute atomic E-state index is 13.0. The van der Waals surface area contributed by atoms with Crippen LogP contribution in [-0.2, 0) is 0 Å². The first kappa shape index (κ1) is 18.5. The molecule has 0 N–H and O–H groups in total. The van der Waals surface area contributed by atoms with Crippen LogP contribution in [0.2, 0.25) is 0 Å². The number of nitrogens with zero attached hydrogens (tertiary/aromatic N) is 2. The number of fused-ring (bicyclic) bond motifs is 2. The van der Waals surface area contributed by atoms with Gasteiger partial charge < -0.3 is 4.90 Å². The fourth-order valence-electron chi connectivity index (χ4n) is 3.90. The van der Waals surface area contributed by atoms with Crippen LogP contribution in [-0.4, -0.2) is 47.0 Å². The molecule has 1 fully saturated rings. The number of hydrogen-bond donors (Lipinski definition) is 0. The number of piperidine rings is 1. The van der Waals surface area contributed by atoms with Gasteiger partial charge in [0.25, 0.3) is 5.91 Å². The number of carbonyl (C=O) groups is 3. The molecule has 0 radical (unpaired) electrons. The lowest BCUT2D eigenvalue weighted by molar-refractivity contribution is 0.0727. The summed E-state index contributed by atoms with van der Waals surface area (Å²) in [4.78, 5) is 40.6. The molecule has 1 aliphatic carbocycles. The van der Waals surface area contributed by atoms with Gasteiger partial charge in [0.2, 0.25) is 0 Å². The normalized spacial score (nSPS) is 16.4. The highest BCUT2D eigenvalue weighted by Crippen LogP contribution is 2.30. The average molecular weight is 390 g/mol. The van der Waals surface area contributed by atoms with Gasteiger partial charge in [-0.3, -0.25) is 14.4 Å². The smallest absolute Gasteiger partial charge is 0.253 e. The van der Waals surface area contributed by atoms with Crippen molar-refractivity contribution in [1.29, 1.82) is 5.26 Å². The third-order valence-corrected chi connectivity index (χ3v) is 6.61. The third-order valence-electron chi connectivity index (χ3n) is 5.47. The largest absolute Gasteiger partial charge is 0.339 e. The number of ketones is 2. The van der Waals surface area contributed by atoms with Gasteiger partial charge in [-0.2, -0.15) is 17.0 Å². The summed E-state index contributed by atoms with van der Waals surface area (Å²) in [6.07, 6.45) is 4.00. The number of benzene rings is 2. The number of nitriles is 1. The zero-order valence-electron chi connectivity index (χ0n) is 15.4. The zero-order chi connectivity index (χ0) is 19.8. The summed E-state index contributed by atoms with van der Waals surface area (Å²) >= 11 is 1.83. The number of hydrogen-bond acceptors (Lipinski definition) is 5. The Bertz CT molecular complexity index is 1050. The highest BCUT2D eigenvalue weighted by molar-refractivity contribution is 7.99. The van der Waals surface area contributed by atoms with Gasteiger partial charge in [0.1, 0.15) is 0 Å². The number of likely N-dealkylation sites (tertiary alicyclic amines) is 1. The number of rotatable bonds is 2. The molecule has 0 aromatic heterocycles. The lowest BCUT2D eigenvalue weighted by Crippen LogP contribution is -2.39. The monoisotopic (exact) mass is 390 g/mol. The molecule has 5 nitrogen and oxygen atoms in total. The van der Waals surface area contributed by atoms with Crippen LogP contribution in [0.5, 0.6) is 0 Å². The molecule has 2 aromatic carbocycles. The SMILES string of the molecule is CSC1CCN(C(=O)c2ccc3c(c2)C(=O)c2cccc(C#N)c2C3=O)CC1. The maximum Gasteiger partial charge on any atom is 0.253 e. The standard InChI is InChI=1S/C22H18N2O3S/c1-28-15-7-9-24(10-8-15)22(27)13-5-6-16-18(11-13)20(25)17-4-2-3-14(12-23)19(17)21(16)26/h2-6,11,15H,7-10H2,1H3. The molecule has 140 valence electrons. The lowest BCUT2D eigenvalue weighted by atomic mass is 9.81. The van der Waals surface area contributed by atoms with E-state index in [0.717, 1.165) is 12.8 Å². The molecule has 2 aromatic rings. The van der Waals surface area contributed by atoms with E-state index in [2.05, 4.69) is 6.26 Å². The van der Waals surface area contributed by atoms with E-state index in [1.54, 1.807) is 18.2 Å². The molecule has 1 heterocycles. The molecule has 1 saturated heterocycles. The summed E-state index contributed by atoms with van der Waals surface area (Å²) < 4.78 is 0. The van der Waals surface area contributed by atoms with Crippen molar-refractivity contribution in [2.75, 3.05) is 19.3 Å². The van der Waals surface area contributed by atoms with Gasteiger partial charge in [-0.1, -0.05) is 12.1 Å². The molecule has 0 saturated carbocycles. The summed E-state index contributed by atoms with van der Waals surface area (Å²) in [5.74, 6) is -0.779. The van der Waals surface area contributed by atoms with Crippen LogP contribution in [0.15, 0.2) is 36.4 Å². The molecular formula is C22H18N2O3S. The van der Waals surface area contributed by atoms with Crippen molar-refractivity contribution in [1.82, 2.24) is 4.90 Å². The van der Waals surface area contributed by atoms with Gasteiger partial charge in [-0.05, 0) is 43.4 Å². The Balaban J connectivity index is 1.68. The Hall–Kier alpha value is -2.91. The zero-order valence-corrected chi connectivity index (χ0v) is 16.2. The fraction of sp³-hybridized carbons (Fsp3) is 0.273. The van der Waals surface area contributed by atoms with E-state index in [0.29, 0.717) is 23.9 Å². The molecule has 28 heavy (non-hydrogen) atoms. The van der Waals surface area contributed by atoms with Crippen LogP contribution < -0.4 is 0 Å². The Morgan fingerprint density at radius 3 is 2.50 bits per heavy atom. The summed E-state index contributed by atoms with van der Waals surface area (Å²) in [6, 6.07) is 11.3. The van der Waals surface area contributed by atoms with Crippen LogP contribution in [0.25, 0.3) is 0 Å². The van der Waals surface area contributed by atoms with Crippen LogP contribution in [0.4, 0.5) is 0 Å². The summed E-state index contributed by atoms with van der Waals surface area (Å²) in [7, 11) is 0. The van der Waals surface area contributed by atoms with E-state index in [-0.39, 0.29) is 45.3 Å². The molecular weight excluding hydrogens is 372 g/mol. The van der Waals surface area contributed by atoms with Gasteiger partial charge >= 0.3 is 0 Å².